The minimum Gasteiger partial charge on any atom is -0.505 e. The second kappa shape index (κ2) is 5.45. The molecule has 0 unspecified atom stereocenters. The van der Waals surface area contributed by atoms with Crippen molar-refractivity contribution in [3.8, 4) is 11.5 Å². The molecule has 2 rings (SSSR count). The van der Waals surface area contributed by atoms with Crippen molar-refractivity contribution in [2.75, 3.05) is 0 Å². The summed E-state index contributed by atoms with van der Waals surface area (Å²) < 4.78 is 26.4. The van der Waals surface area contributed by atoms with Crippen molar-refractivity contribution >= 4 is 35.0 Å². The second-order valence-electron chi connectivity index (χ2n) is 3.57. The molecule has 0 atom stereocenters. The zero-order valence-electron chi connectivity index (χ0n) is 9.12. The Morgan fingerprint density at radius 1 is 0.789 bits per heavy atom. The van der Waals surface area contributed by atoms with Gasteiger partial charge in [-0.25, -0.2) is 8.78 Å². The summed E-state index contributed by atoms with van der Waals surface area (Å²) >= 11 is 12.0. The van der Waals surface area contributed by atoms with E-state index in [9.17, 15) is 19.0 Å². The number of hydrogen-bond acceptors (Lipinski definition) is 3. The van der Waals surface area contributed by atoms with Crippen molar-refractivity contribution in [1.82, 2.24) is 0 Å². The molecule has 0 aliphatic carbocycles. The fraction of sp³-hybridized carbons (Fsp3) is 0. The molecular weight excluding hydrogens is 317 g/mol. The molecule has 7 heteroatoms. The lowest BCUT2D eigenvalue weighted by Gasteiger charge is -2.09. The maximum absolute atomic E-state index is 13.2. The van der Waals surface area contributed by atoms with Gasteiger partial charge in [0.15, 0.2) is 0 Å². The van der Waals surface area contributed by atoms with Crippen molar-refractivity contribution in [2.24, 2.45) is 0 Å². The molecule has 0 amide bonds. The molecule has 0 bridgehead atoms. The second-order valence-corrected chi connectivity index (χ2v) is 5.47. The van der Waals surface area contributed by atoms with Gasteiger partial charge in [0.25, 0.3) is 0 Å². The predicted octanol–water partition coefficient (Wildman–Crippen LogP) is 4.83. The number of aromatic hydroxyl groups is 2. The molecule has 0 heterocycles. The van der Waals surface area contributed by atoms with E-state index in [2.05, 4.69) is 0 Å². The van der Waals surface area contributed by atoms with Gasteiger partial charge in [0.2, 0.25) is 0 Å². The Hall–Kier alpha value is -1.17. The van der Waals surface area contributed by atoms with Gasteiger partial charge in [0.1, 0.15) is 23.1 Å². The van der Waals surface area contributed by atoms with Crippen LogP contribution in [0.15, 0.2) is 34.1 Å². The number of halogens is 4. The summed E-state index contributed by atoms with van der Waals surface area (Å²) in [6, 6.07) is 3.92. The first-order valence-corrected chi connectivity index (χ1v) is 6.49. The normalized spacial score (nSPS) is 10.7. The monoisotopic (exact) mass is 322 g/mol. The topological polar surface area (TPSA) is 40.5 Å². The number of phenolic OH excluding ortho intramolecular Hbond substituents is 2. The molecule has 0 aliphatic heterocycles. The van der Waals surface area contributed by atoms with E-state index in [1.165, 1.54) is 0 Å². The van der Waals surface area contributed by atoms with Gasteiger partial charge in [-0.2, -0.15) is 0 Å². The number of rotatable bonds is 2. The van der Waals surface area contributed by atoms with Gasteiger partial charge >= 0.3 is 0 Å². The average molecular weight is 323 g/mol. The molecule has 0 saturated carbocycles. The molecule has 2 aromatic carbocycles. The number of benzene rings is 2. The van der Waals surface area contributed by atoms with E-state index in [1.807, 2.05) is 0 Å². The summed E-state index contributed by atoms with van der Waals surface area (Å²) in [7, 11) is 0. The van der Waals surface area contributed by atoms with Crippen LogP contribution in [0.3, 0.4) is 0 Å². The van der Waals surface area contributed by atoms with Crippen LogP contribution in [0, 0.1) is 11.6 Å². The third-order valence-corrected chi connectivity index (χ3v) is 3.84. The first-order chi connectivity index (χ1) is 8.88. The van der Waals surface area contributed by atoms with E-state index in [1.54, 1.807) is 0 Å². The predicted molar refractivity (Wildman–Crippen MR) is 70.3 cm³/mol. The summed E-state index contributed by atoms with van der Waals surface area (Å²) in [6.45, 7) is 0. The van der Waals surface area contributed by atoms with Gasteiger partial charge in [-0.05, 0) is 24.3 Å². The summed E-state index contributed by atoms with van der Waals surface area (Å²) in [5.74, 6) is -2.03. The van der Waals surface area contributed by atoms with Crippen molar-refractivity contribution in [2.45, 2.75) is 9.79 Å². The Labute approximate surface area is 121 Å². The van der Waals surface area contributed by atoms with Gasteiger partial charge in [-0.1, -0.05) is 35.0 Å². The Morgan fingerprint density at radius 2 is 1.16 bits per heavy atom. The highest BCUT2D eigenvalue weighted by Gasteiger charge is 2.15. The largest absolute Gasteiger partial charge is 0.505 e. The summed E-state index contributed by atoms with van der Waals surface area (Å²) in [5.41, 5.74) is 0. The van der Waals surface area contributed by atoms with Crippen LogP contribution in [0.1, 0.15) is 0 Å². The highest BCUT2D eigenvalue weighted by Crippen LogP contribution is 2.44. The first kappa shape index (κ1) is 14.2. The lowest BCUT2D eigenvalue weighted by Crippen LogP contribution is -1.84. The molecule has 0 spiro atoms. The number of hydrogen-bond donors (Lipinski definition) is 2. The highest BCUT2D eigenvalue weighted by molar-refractivity contribution is 7.99. The van der Waals surface area contributed by atoms with Crippen molar-refractivity contribution in [1.29, 1.82) is 0 Å². The van der Waals surface area contributed by atoms with Gasteiger partial charge in [0.05, 0.1) is 19.8 Å². The van der Waals surface area contributed by atoms with Gasteiger partial charge in [-0.15, -0.1) is 0 Å². The van der Waals surface area contributed by atoms with E-state index < -0.39 is 11.6 Å². The van der Waals surface area contributed by atoms with E-state index >= 15 is 0 Å². The third-order valence-electron chi connectivity index (χ3n) is 2.21. The van der Waals surface area contributed by atoms with Crippen LogP contribution < -0.4 is 0 Å². The quantitative estimate of drug-likeness (QED) is 0.831. The lowest BCUT2D eigenvalue weighted by molar-refractivity contribution is 0.456. The fourth-order valence-electron chi connectivity index (χ4n) is 1.36. The molecule has 2 aromatic rings. The minimum atomic E-state index is -0.660. The van der Waals surface area contributed by atoms with Crippen molar-refractivity contribution in [3.63, 3.8) is 0 Å². The molecule has 0 saturated heterocycles. The molecule has 2 N–H and O–H groups in total. The highest BCUT2D eigenvalue weighted by atomic mass is 35.5. The minimum absolute atomic E-state index is 0.0435. The summed E-state index contributed by atoms with van der Waals surface area (Å²) in [6.07, 6.45) is 0. The van der Waals surface area contributed by atoms with Crippen LogP contribution in [0.4, 0.5) is 8.78 Å². The zero-order chi connectivity index (χ0) is 14.2. The number of phenols is 2. The third kappa shape index (κ3) is 3.05. The molecule has 100 valence electrons. The first-order valence-electron chi connectivity index (χ1n) is 4.92. The van der Waals surface area contributed by atoms with E-state index in [4.69, 9.17) is 23.2 Å². The Balaban J connectivity index is 2.47. The average Bonchev–Trinajstić information content (AvgIpc) is 2.31. The van der Waals surface area contributed by atoms with Crippen molar-refractivity contribution in [3.05, 3.63) is 45.9 Å². The van der Waals surface area contributed by atoms with E-state index in [0.717, 1.165) is 36.0 Å². The van der Waals surface area contributed by atoms with E-state index in [-0.39, 0.29) is 31.3 Å². The van der Waals surface area contributed by atoms with Crippen LogP contribution in [-0.2, 0) is 0 Å². The maximum Gasteiger partial charge on any atom is 0.148 e. The van der Waals surface area contributed by atoms with Gasteiger partial charge < -0.3 is 10.2 Å². The van der Waals surface area contributed by atoms with Crippen LogP contribution in [0.2, 0.25) is 10.0 Å². The molecule has 0 radical (unpaired) electrons. The Kier molecular flexibility index (Phi) is 4.08. The molecule has 0 aromatic heterocycles. The maximum atomic E-state index is 13.2. The van der Waals surface area contributed by atoms with E-state index in [0.29, 0.717) is 0 Å². The standard InChI is InChI=1S/C12H6Cl2F2O2S/c13-7-1-5(15)3-9(11(7)17)19-10-4-6(16)2-8(14)12(10)18/h1-4,17-18H. The summed E-state index contributed by atoms with van der Waals surface area (Å²) in [5, 5.41) is 19.0. The lowest BCUT2D eigenvalue weighted by atomic mass is 10.3. The molecule has 2 nitrogen and oxygen atoms in total. The van der Waals surface area contributed by atoms with Gasteiger partial charge in [0, 0.05) is 0 Å². The van der Waals surface area contributed by atoms with Crippen molar-refractivity contribution < 1.29 is 19.0 Å². The summed E-state index contributed by atoms with van der Waals surface area (Å²) in [4.78, 5) is 0.0870. The van der Waals surface area contributed by atoms with Crippen LogP contribution in [0.25, 0.3) is 0 Å². The van der Waals surface area contributed by atoms with Crippen LogP contribution >= 0.6 is 35.0 Å². The fourth-order valence-corrected chi connectivity index (χ4v) is 2.88. The molecule has 0 fully saturated rings. The Bertz CT molecular complexity index is 595. The molecule has 0 aliphatic rings. The molecular formula is C12H6Cl2F2O2S. The van der Waals surface area contributed by atoms with Crippen LogP contribution in [0.5, 0.6) is 11.5 Å². The zero-order valence-corrected chi connectivity index (χ0v) is 11.5. The molecule has 19 heavy (non-hydrogen) atoms. The Morgan fingerprint density at radius 3 is 1.53 bits per heavy atom. The van der Waals surface area contributed by atoms with Crippen LogP contribution in [-0.4, -0.2) is 10.2 Å². The van der Waals surface area contributed by atoms with Gasteiger partial charge in [-0.3, -0.25) is 0 Å². The smallest absolute Gasteiger partial charge is 0.148 e. The SMILES string of the molecule is Oc1c(Cl)cc(F)cc1Sc1cc(F)cc(Cl)c1O.